The van der Waals surface area contributed by atoms with E-state index in [0.29, 0.717) is 17.5 Å². The Bertz CT molecular complexity index is 1390. The molecular formula is C28H38N4O7S. The molecule has 1 amide bonds. The highest BCUT2D eigenvalue weighted by atomic mass is 32.2. The molecule has 0 saturated heterocycles. The number of nitrogens with one attached hydrogen (secondary N) is 2. The third kappa shape index (κ3) is 7.65. The average molecular weight is 575 g/mol. The highest BCUT2D eigenvalue weighted by Crippen LogP contribution is 2.42. The minimum atomic E-state index is -4.05. The molecule has 11 nitrogen and oxygen atoms in total. The van der Waals surface area contributed by atoms with Crippen molar-refractivity contribution in [3.63, 3.8) is 0 Å². The molecule has 0 bridgehead atoms. The summed E-state index contributed by atoms with van der Waals surface area (Å²) in [5, 5.41) is 11.8. The van der Waals surface area contributed by atoms with Gasteiger partial charge in [-0.1, -0.05) is 30.3 Å². The predicted molar refractivity (Wildman–Crippen MR) is 151 cm³/mol. The molecule has 12 heteroatoms. The van der Waals surface area contributed by atoms with Gasteiger partial charge in [0.05, 0.1) is 4.90 Å². The van der Waals surface area contributed by atoms with Gasteiger partial charge < -0.3 is 25.6 Å². The predicted octanol–water partition coefficient (Wildman–Crippen LogP) is 3.47. The lowest BCUT2D eigenvalue weighted by Crippen LogP contribution is -2.41. The molecule has 1 aliphatic rings. The molecule has 0 radical (unpaired) electrons. The van der Waals surface area contributed by atoms with E-state index in [0.717, 1.165) is 28.9 Å². The minimum Gasteiger partial charge on any atom is -0.487 e. The number of amides is 1. The van der Waals surface area contributed by atoms with Gasteiger partial charge in [0, 0.05) is 6.54 Å². The van der Waals surface area contributed by atoms with Crippen LogP contribution in [0, 0.1) is 20.8 Å². The number of sulfonamides is 1. The number of hydrogen-bond acceptors (Lipinski definition) is 7. The highest BCUT2D eigenvalue weighted by Gasteiger charge is 2.33. The molecule has 0 aromatic heterocycles. The van der Waals surface area contributed by atoms with Crippen LogP contribution in [0.2, 0.25) is 0 Å². The number of carbonyl (C=O) groups is 2. The van der Waals surface area contributed by atoms with Crippen LogP contribution in [-0.4, -0.2) is 49.7 Å². The number of guanidine groups is 1. The average Bonchev–Trinajstić information content (AvgIpc) is 2.87. The lowest BCUT2D eigenvalue weighted by atomic mass is 9.88. The fourth-order valence-electron chi connectivity index (χ4n) is 4.63. The Balaban J connectivity index is 1.59. The van der Waals surface area contributed by atoms with Crippen molar-refractivity contribution >= 4 is 28.0 Å². The van der Waals surface area contributed by atoms with Crippen LogP contribution in [0.15, 0.2) is 40.2 Å². The molecule has 0 spiro atoms. The van der Waals surface area contributed by atoms with Crippen molar-refractivity contribution in [1.29, 1.82) is 0 Å². The number of ether oxygens (including phenoxy) is 2. The Morgan fingerprint density at radius 2 is 1.82 bits per heavy atom. The monoisotopic (exact) mass is 574 g/mol. The second kappa shape index (κ2) is 12.6. The molecule has 218 valence electrons. The number of nitrogens with zero attached hydrogens (tertiary/aromatic N) is 1. The number of alkyl carbamates (subject to hydrolysis) is 1. The zero-order valence-electron chi connectivity index (χ0n) is 23.5. The molecule has 1 heterocycles. The molecule has 1 aliphatic heterocycles. The third-order valence-electron chi connectivity index (χ3n) is 6.91. The lowest BCUT2D eigenvalue weighted by molar-refractivity contribution is -0.139. The van der Waals surface area contributed by atoms with Crippen molar-refractivity contribution in [3.05, 3.63) is 58.1 Å². The van der Waals surface area contributed by atoms with Gasteiger partial charge in [-0.2, -0.15) is 0 Å². The number of fused-ring (bicyclic) bond motifs is 1. The summed E-state index contributed by atoms with van der Waals surface area (Å²) in [6.07, 6.45) is 0.864. The lowest BCUT2D eigenvalue weighted by Gasteiger charge is -2.35. The molecule has 2 aromatic carbocycles. The molecule has 1 atom stereocenters. The Hall–Kier alpha value is -3.80. The van der Waals surface area contributed by atoms with Crippen molar-refractivity contribution in [3.8, 4) is 5.75 Å². The van der Waals surface area contributed by atoms with E-state index < -0.39 is 28.1 Å². The molecule has 0 aliphatic carbocycles. The maximum Gasteiger partial charge on any atom is 0.408 e. The van der Waals surface area contributed by atoms with Crippen LogP contribution in [0.5, 0.6) is 5.75 Å². The summed E-state index contributed by atoms with van der Waals surface area (Å²) in [5.41, 5.74) is 9.15. The Kier molecular flexibility index (Phi) is 9.67. The van der Waals surface area contributed by atoms with Crippen LogP contribution in [0.1, 0.15) is 60.9 Å². The normalized spacial score (nSPS) is 15.4. The molecule has 0 saturated carbocycles. The SMILES string of the molecule is Cc1c(C)c(S(=O)(=O)NC(N)=NCCCC(NC(=O)OCc2ccccc2)C(=O)O)c(C)c2c1OC(C)(C)CC2. The second-order valence-electron chi connectivity index (χ2n) is 10.5. The van der Waals surface area contributed by atoms with Crippen molar-refractivity contribution in [2.24, 2.45) is 10.7 Å². The van der Waals surface area contributed by atoms with Gasteiger partial charge in [-0.25, -0.2) is 22.7 Å². The van der Waals surface area contributed by atoms with E-state index >= 15 is 0 Å². The summed E-state index contributed by atoms with van der Waals surface area (Å²) in [7, 11) is -4.05. The standard InChI is InChI=1S/C28H38N4O7S/c1-17-18(2)24(19(3)21-13-14-28(4,5)39-23(17)21)40(36,37)32-26(29)30-15-9-12-22(25(33)34)31-27(35)38-16-20-10-7-6-8-11-20/h6-8,10-11,22H,9,12-16H2,1-5H3,(H,31,35)(H,33,34)(H3,29,30,32). The second-order valence-corrected chi connectivity index (χ2v) is 12.1. The van der Waals surface area contributed by atoms with Crippen molar-refractivity contribution in [2.45, 2.75) is 83.4 Å². The van der Waals surface area contributed by atoms with Crippen LogP contribution >= 0.6 is 0 Å². The Morgan fingerprint density at radius 3 is 2.48 bits per heavy atom. The number of nitrogens with two attached hydrogens (primary N) is 1. The number of carbonyl (C=O) groups excluding carboxylic acids is 1. The van der Waals surface area contributed by atoms with Crippen molar-refractivity contribution < 1.29 is 32.6 Å². The maximum atomic E-state index is 13.3. The number of rotatable bonds is 10. The van der Waals surface area contributed by atoms with Gasteiger partial charge in [0.2, 0.25) is 5.96 Å². The van der Waals surface area contributed by atoms with E-state index in [4.69, 9.17) is 15.2 Å². The van der Waals surface area contributed by atoms with Crippen molar-refractivity contribution in [2.75, 3.05) is 6.54 Å². The Morgan fingerprint density at radius 1 is 1.15 bits per heavy atom. The largest absolute Gasteiger partial charge is 0.487 e. The van der Waals surface area contributed by atoms with E-state index in [-0.39, 0.29) is 42.4 Å². The summed E-state index contributed by atoms with van der Waals surface area (Å²) < 4.78 is 40.2. The highest BCUT2D eigenvalue weighted by molar-refractivity contribution is 7.90. The fraction of sp³-hybridized carbons (Fsp3) is 0.464. The van der Waals surface area contributed by atoms with Gasteiger partial charge in [-0.3, -0.25) is 4.99 Å². The molecule has 5 N–H and O–H groups in total. The smallest absolute Gasteiger partial charge is 0.408 e. The van der Waals surface area contributed by atoms with Gasteiger partial charge in [0.25, 0.3) is 10.0 Å². The van der Waals surface area contributed by atoms with Gasteiger partial charge in [-0.15, -0.1) is 0 Å². The van der Waals surface area contributed by atoms with Gasteiger partial charge >= 0.3 is 12.1 Å². The quantitative estimate of drug-likeness (QED) is 0.190. The van der Waals surface area contributed by atoms with Crippen LogP contribution in [0.25, 0.3) is 0 Å². The van der Waals surface area contributed by atoms with E-state index in [1.54, 1.807) is 38.1 Å². The maximum absolute atomic E-state index is 13.3. The molecule has 1 unspecified atom stereocenters. The van der Waals surface area contributed by atoms with Gasteiger partial charge in [0.1, 0.15) is 24.0 Å². The number of benzene rings is 2. The molecule has 0 fully saturated rings. The topological polar surface area (TPSA) is 169 Å². The molecule has 40 heavy (non-hydrogen) atoms. The number of carboxylic acids is 1. The van der Waals surface area contributed by atoms with E-state index in [2.05, 4.69) is 15.0 Å². The van der Waals surface area contributed by atoms with Gasteiger partial charge in [-0.05, 0) is 88.1 Å². The first kappa shape index (κ1) is 30.7. The van der Waals surface area contributed by atoms with Crippen LogP contribution in [-0.2, 0) is 32.6 Å². The number of carboxylic acid groups (broad SMARTS) is 1. The summed E-state index contributed by atoms with van der Waals surface area (Å²) in [6.45, 7) is 9.41. The summed E-state index contributed by atoms with van der Waals surface area (Å²) in [5.74, 6) is -0.804. The molecular weight excluding hydrogens is 536 g/mol. The van der Waals surface area contributed by atoms with Gasteiger partial charge in [0.15, 0.2) is 0 Å². The Labute approximate surface area is 235 Å². The summed E-state index contributed by atoms with van der Waals surface area (Å²) in [6, 6.07) is 7.79. The minimum absolute atomic E-state index is 0.00762. The third-order valence-corrected chi connectivity index (χ3v) is 8.54. The molecule has 2 aromatic rings. The first-order chi connectivity index (χ1) is 18.7. The fourth-order valence-corrected chi connectivity index (χ4v) is 6.16. The zero-order valence-corrected chi connectivity index (χ0v) is 24.4. The number of hydrogen-bond donors (Lipinski definition) is 4. The molecule has 3 rings (SSSR count). The van der Waals surface area contributed by atoms with E-state index in [1.165, 1.54) is 0 Å². The van der Waals surface area contributed by atoms with Crippen molar-refractivity contribution in [1.82, 2.24) is 10.0 Å². The summed E-state index contributed by atoms with van der Waals surface area (Å²) in [4.78, 5) is 27.8. The van der Waals surface area contributed by atoms with Crippen LogP contribution < -0.4 is 20.5 Å². The van der Waals surface area contributed by atoms with E-state index in [9.17, 15) is 23.1 Å². The van der Waals surface area contributed by atoms with Crippen LogP contribution in [0.4, 0.5) is 4.79 Å². The first-order valence-electron chi connectivity index (χ1n) is 13.1. The first-order valence-corrected chi connectivity index (χ1v) is 14.5. The summed E-state index contributed by atoms with van der Waals surface area (Å²) >= 11 is 0. The zero-order chi connectivity index (χ0) is 29.7. The number of aliphatic carboxylic acids is 1. The van der Waals surface area contributed by atoms with E-state index in [1.807, 2.05) is 26.8 Å². The number of aliphatic imine (C=N–C) groups is 1. The van der Waals surface area contributed by atoms with Crippen LogP contribution in [0.3, 0.4) is 0 Å².